The predicted octanol–water partition coefficient (Wildman–Crippen LogP) is 2.96. The molecule has 7 nitrogen and oxygen atoms in total. The van der Waals surface area contributed by atoms with Crippen LogP contribution in [0.4, 0.5) is 5.69 Å². The molecule has 182 valence electrons. The Balaban J connectivity index is 1.70. The minimum atomic E-state index is -0.675. The highest BCUT2D eigenvalue weighted by atomic mass is 16.2. The summed E-state index contributed by atoms with van der Waals surface area (Å²) in [6, 6.07) is 14.7. The zero-order chi connectivity index (χ0) is 24.7. The molecule has 0 bridgehead atoms. The average Bonchev–Trinajstić information content (AvgIpc) is 3.16. The highest BCUT2D eigenvalue weighted by Gasteiger charge is 2.36. The van der Waals surface area contributed by atoms with Crippen molar-refractivity contribution in [1.29, 1.82) is 0 Å². The van der Waals surface area contributed by atoms with E-state index in [4.69, 9.17) is 0 Å². The van der Waals surface area contributed by atoms with Gasteiger partial charge in [0.25, 0.3) is 0 Å². The molecule has 2 aromatic rings. The number of nitrogens with zero attached hydrogens (tertiary/aromatic N) is 1. The van der Waals surface area contributed by atoms with Gasteiger partial charge in [-0.15, -0.1) is 0 Å². The lowest BCUT2D eigenvalue weighted by atomic mass is 10.0. The molecule has 7 heteroatoms. The summed E-state index contributed by atoms with van der Waals surface area (Å²) in [5.74, 6) is -0.442. The summed E-state index contributed by atoms with van der Waals surface area (Å²) in [6.07, 6.45) is 2.09. The number of anilines is 1. The Bertz CT molecular complexity index is 988. The van der Waals surface area contributed by atoms with Crippen LogP contribution in [0.2, 0.25) is 0 Å². The third kappa shape index (κ3) is 7.15. The summed E-state index contributed by atoms with van der Waals surface area (Å²) < 4.78 is 0. The first kappa shape index (κ1) is 25.4. The summed E-state index contributed by atoms with van der Waals surface area (Å²) in [4.78, 5) is 40.2. The van der Waals surface area contributed by atoms with Crippen LogP contribution in [0.3, 0.4) is 0 Å². The van der Waals surface area contributed by atoms with Crippen molar-refractivity contribution >= 4 is 23.4 Å². The number of hydrogen-bond donors (Lipinski definition) is 3. The summed E-state index contributed by atoms with van der Waals surface area (Å²) >= 11 is 0. The van der Waals surface area contributed by atoms with E-state index in [1.165, 1.54) is 0 Å². The Hall–Kier alpha value is -3.19. The molecule has 0 radical (unpaired) electrons. The lowest BCUT2D eigenvalue weighted by Crippen LogP contribution is -2.50. The monoisotopic (exact) mass is 464 g/mol. The van der Waals surface area contributed by atoms with Crippen molar-refractivity contribution in [3.05, 3.63) is 65.2 Å². The molecule has 3 N–H and O–H groups in total. The number of likely N-dealkylation sites (tertiary alicyclic amines) is 1. The summed E-state index contributed by atoms with van der Waals surface area (Å²) in [5.41, 5.74) is 3.96. The average molecular weight is 465 g/mol. The first-order valence-corrected chi connectivity index (χ1v) is 12.0. The SMILES string of the molecule is CCC(=O)N[C@@H]1C[C@@H](C(=O)N[C@H](CCc2ccccc2)C(=O)Nc2cc(C)cc(C)c2)N(C)C1. The minimum absolute atomic E-state index is 0.0204. The van der Waals surface area contributed by atoms with Crippen LogP contribution in [0, 0.1) is 13.8 Å². The molecular formula is C27H36N4O3. The van der Waals surface area contributed by atoms with Crippen molar-refractivity contribution in [3.8, 4) is 0 Å². The van der Waals surface area contributed by atoms with Crippen LogP contribution in [0.15, 0.2) is 48.5 Å². The molecule has 0 spiro atoms. The van der Waals surface area contributed by atoms with E-state index in [2.05, 4.69) is 16.0 Å². The van der Waals surface area contributed by atoms with Crippen molar-refractivity contribution in [3.63, 3.8) is 0 Å². The fourth-order valence-corrected chi connectivity index (χ4v) is 4.51. The Morgan fingerprint density at radius 2 is 1.74 bits per heavy atom. The van der Waals surface area contributed by atoms with E-state index in [1.54, 1.807) is 0 Å². The van der Waals surface area contributed by atoms with E-state index >= 15 is 0 Å². The Morgan fingerprint density at radius 1 is 1.06 bits per heavy atom. The van der Waals surface area contributed by atoms with Gasteiger partial charge in [-0.3, -0.25) is 19.3 Å². The summed E-state index contributed by atoms with van der Waals surface area (Å²) in [7, 11) is 1.87. The maximum atomic E-state index is 13.2. The lowest BCUT2D eigenvalue weighted by molar-refractivity contribution is -0.129. The van der Waals surface area contributed by atoms with Crippen molar-refractivity contribution < 1.29 is 14.4 Å². The van der Waals surface area contributed by atoms with Crippen LogP contribution < -0.4 is 16.0 Å². The number of benzene rings is 2. The highest BCUT2D eigenvalue weighted by molar-refractivity contribution is 5.98. The molecule has 3 rings (SSSR count). The van der Waals surface area contributed by atoms with Gasteiger partial charge in [-0.1, -0.05) is 43.3 Å². The fraction of sp³-hybridized carbons (Fsp3) is 0.444. The first-order valence-electron chi connectivity index (χ1n) is 12.0. The van der Waals surface area contributed by atoms with Crippen molar-refractivity contribution in [2.75, 3.05) is 18.9 Å². The number of carbonyl (C=O) groups excluding carboxylic acids is 3. The standard InChI is InChI=1S/C27H36N4O3/c1-5-25(32)28-22-16-24(31(4)17-22)27(34)30-23(12-11-20-9-7-6-8-10-20)26(33)29-21-14-18(2)13-19(3)15-21/h6-10,13-15,22-24H,5,11-12,16-17H2,1-4H3,(H,28,32)(H,29,33)(H,30,34)/t22-,23-,24+/m1/s1. The van der Waals surface area contributed by atoms with Crippen LogP contribution >= 0.6 is 0 Å². The molecule has 3 amide bonds. The first-order chi connectivity index (χ1) is 16.2. The van der Waals surface area contributed by atoms with Crippen molar-refractivity contribution in [1.82, 2.24) is 15.5 Å². The molecule has 0 saturated carbocycles. The number of aryl methyl sites for hydroxylation is 3. The second-order valence-corrected chi connectivity index (χ2v) is 9.26. The van der Waals surface area contributed by atoms with Gasteiger partial charge in [-0.25, -0.2) is 0 Å². The number of carbonyl (C=O) groups is 3. The van der Waals surface area contributed by atoms with Gasteiger partial charge < -0.3 is 16.0 Å². The second-order valence-electron chi connectivity index (χ2n) is 9.26. The Labute approximate surface area is 202 Å². The van der Waals surface area contributed by atoms with E-state index < -0.39 is 12.1 Å². The molecule has 1 saturated heterocycles. The predicted molar refractivity (Wildman–Crippen MR) is 134 cm³/mol. The molecule has 1 heterocycles. The quantitative estimate of drug-likeness (QED) is 0.532. The fourth-order valence-electron chi connectivity index (χ4n) is 4.51. The van der Waals surface area contributed by atoms with Crippen molar-refractivity contribution in [2.24, 2.45) is 0 Å². The Morgan fingerprint density at radius 3 is 2.38 bits per heavy atom. The van der Waals surface area contributed by atoms with E-state index in [1.807, 2.05) is 81.2 Å². The zero-order valence-electron chi connectivity index (χ0n) is 20.6. The molecule has 1 aliphatic rings. The molecule has 3 atom stereocenters. The normalized spacial score (nSPS) is 18.8. The van der Waals surface area contributed by atoms with Crippen LogP contribution in [0.5, 0.6) is 0 Å². The van der Waals surface area contributed by atoms with Crippen molar-refractivity contribution in [2.45, 2.75) is 64.6 Å². The van der Waals surface area contributed by atoms with Gasteiger partial charge in [0.15, 0.2) is 0 Å². The van der Waals surface area contributed by atoms with Gasteiger partial charge in [0.1, 0.15) is 6.04 Å². The minimum Gasteiger partial charge on any atom is -0.352 e. The maximum Gasteiger partial charge on any atom is 0.246 e. The largest absolute Gasteiger partial charge is 0.352 e. The number of rotatable bonds is 9. The number of amides is 3. The van der Waals surface area contributed by atoms with Gasteiger partial charge in [0.2, 0.25) is 17.7 Å². The smallest absolute Gasteiger partial charge is 0.246 e. The third-order valence-corrected chi connectivity index (χ3v) is 6.22. The van der Waals surface area contributed by atoms with Crippen LogP contribution in [0.1, 0.15) is 42.9 Å². The van der Waals surface area contributed by atoms with E-state index in [-0.39, 0.29) is 23.8 Å². The molecule has 2 aromatic carbocycles. The summed E-state index contributed by atoms with van der Waals surface area (Å²) in [5, 5.41) is 8.95. The number of hydrogen-bond acceptors (Lipinski definition) is 4. The van der Waals surface area contributed by atoms with Gasteiger partial charge in [0, 0.05) is 24.7 Å². The van der Waals surface area contributed by atoms with E-state index in [0.717, 1.165) is 22.4 Å². The lowest BCUT2D eigenvalue weighted by Gasteiger charge is -2.23. The van der Waals surface area contributed by atoms with Gasteiger partial charge in [0.05, 0.1) is 6.04 Å². The number of nitrogens with one attached hydrogen (secondary N) is 3. The van der Waals surface area contributed by atoms with Gasteiger partial charge in [-0.05, 0) is 69.0 Å². The second kappa shape index (κ2) is 11.8. The molecule has 0 unspecified atom stereocenters. The number of likely N-dealkylation sites (N-methyl/N-ethyl adjacent to an activating group) is 1. The molecule has 34 heavy (non-hydrogen) atoms. The topological polar surface area (TPSA) is 90.5 Å². The van der Waals surface area contributed by atoms with Crippen LogP contribution in [-0.4, -0.2) is 54.3 Å². The molecule has 1 fully saturated rings. The zero-order valence-corrected chi connectivity index (χ0v) is 20.6. The maximum absolute atomic E-state index is 13.2. The molecular weight excluding hydrogens is 428 g/mol. The third-order valence-electron chi connectivity index (χ3n) is 6.22. The van der Waals surface area contributed by atoms with Gasteiger partial charge in [-0.2, -0.15) is 0 Å². The van der Waals surface area contributed by atoms with E-state index in [0.29, 0.717) is 32.2 Å². The molecule has 0 aliphatic carbocycles. The van der Waals surface area contributed by atoms with Crippen LogP contribution in [-0.2, 0) is 20.8 Å². The Kier molecular flexibility index (Phi) is 8.82. The molecule has 0 aromatic heterocycles. The van der Waals surface area contributed by atoms with Gasteiger partial charge >= 0.3 is 0 Å². The van der Waals surface area contributed by atoms with Crippen LogP contribution in [0.25, 0.3) is 0 Å². The highest BCUT2D eigenvalue weighted by Crippen LogP contribution is 2.18. The summed E-state index contributed by atoms with van der Waals surface area (Å²) in [6.45, 7) is 6.39. The molecule has 1 aliphatic heterocycles. The van der Waals surface area contributed by atoms with E-state index in [9.17, 15) is 14.4 Å².